The summed E-state index contributed by atoms with van der Waals surface area (Å²) in [7, 11) is 0. The molecule has 5 heteroatoms. The summed E-state index contributed by atoms with van der Waals surface area (Å²) >= 11 is 3.56. The number of hydrogen-bond acceptors (Lipinski definition) is 4. The van der Waals surface area contributed by atoms with Crippen molar-refractivity contribution in [3.05, 3.63) is 22.2 Å². The van der Waals surface area contributed by atoms with Crippen molar-refractivity contribution in [3.63, 3.8) is 0 Å². The lowest BCUT2D eigenvalue weighted by Crippen LogP contribution is -2.39. The van der Waals surface area contributed by atoms with Gasteiger partial charge in [-0.15, -0.1) is 0 Å². The minimum atomic E-state index is 0.195. The van der Waals surface area contributed by atoms with Crippen molar-refractivity contribution in [2.75, 3.05) is 19.9 Å². The maximum atomic E-state index is 6.04. The highest BCUT2D eigenvalue weighted by Gasteiger charge is 2.25. The lowest BCUT2D eigenvalue weighted by molar-refractivity contribution is 0.157. The number of hydrogen-bond donors (Lipinski definition) is 1. The fourth-order valence-electron chi connectivity index (χ4n) is 2.67. The Morgan fingerprint density at radius 3 is 2.70 bits per heavy atom. The Kier molecular flexibility index (Phi) is 5.29. The van der Waals surface area contributed by atoms with Crippen LogP contribution in [-0.2, 0) is 0 Å². The average Bonchev–Trinajstić information content (AvgIpc) is 2.87. The molecule has 1 heterocycles. The first-order valence-corrected chi connectivity index (χ1v) is 7.92. The second kappa shape index (κ2) is 6.78. The minimum Gasteiger partial charge on any atom is -0.454 e. The van der Waals surface area contributed by atoms with Crippen LogP contribution in [0.5, 0.6) is 11.5 Å². The van der Waals surface area contributed by atoms with Crippen LogP contribution in [0.2, 0.25) is 0 Å². The Hall–Kier alpha value is -0.780. The number of rotatable bonds is 6. The van der Waals surface area contributed by atoms with Crippen LogP contribution >= 0.6 is 15.9 Å². The third kappa shape index (κ3) is 3.10. The molecule has 1 atom stereocenters. The van der Waals surface area contributed by atoms with Crippen molar-refractivity contribution in [2.24, 2.45) is 5.73 Å². The Labute approximate surface area is 129 Å². The molecule has 0 bridgehead atoms. The number of benzene rings is 1. The highest BCUT2D eigenvalue weighted by atomic mass is 79.9. The predicted octanol–water partition coefficient (Wildman–Crippen LogP) is 3.30. The average molecular weight is 343 g/mol. The molecule has 0 fully saturated rings. The molecule has 1 aliphatic rings. The van der Waals surface area contributed by atoms with Crippen LogP contribution < -0.4 is 15.2 Å². The van der Waals surface area contributed by atoms with E-state index in [2.05, 4.69) is 53.7 Å². The van der Waals surface area contributed by atoms with Gasteiger partial charge in [0.2, 0.25) is 6.79 Å². The molecule has 1 aliphatic heterocycles. The predicted molar refractivity (Wildman–Crippen MR) is 84.2 cm³/mol. The zero-order valence-electron chi connectivity index (χ0n) is 12.4. The van der Waals surface area contributed by atoms with Crippen molar-refractivity contribution in [1.29, 1.82) is 0 Å². The van der Waals surface area contributed by atoms with E-state index in [1.54, 1.807) is 0 Å². The molecule has 0 radical (unpaired) electrons. The van der Waals surface area contributed by atoms with Crippen LogP contribution in [0.15, 0.2) is 16.6 Å². The van der Waals surface area contributed by atoms with Gasteiger partial charge in [-0.2, -0.15) is 0 Å². The van der Waals surface area contributed by atoms with E-state index < -0.39 is 0 Å². The molecule has 0 aliphatic carbocycles. The standard InChI is InChI=1S/C15H23BrN2O2/c1-4-5-18(10(2)3)13(8-17)11-6-12(16)15-14(7-11)19-9-20-15/h6-7,10,13H,4-5,8-9,17H2,1-3H3. The van der Waals surface area contributed by atoms with E-state index in [0.29, 0.717) is 12.6 Å². The first-order valence-electron chi connectivity index (χ1n) is 7.13. The van der Waals surface area contributed by atoms with E-state index in [0.717, 1.165) is 28.9 Å². The second-order valence-electron chi connectivity index (χ2n) is 5.32. The van der Waals surface area contributed by atoms with Crippen LogP contribution in [0.3, 0.4) is 0 Å². The molecule has 0 spiro atoms. The summed E-state index contributed by atoms with van der Waals surface area (Å²) < 4.78 is 11.9. The van der Waals surface area contributed by atoms with Crippen LogP contribution in [0.25, 0.3) is 0 Å². The van der Waals surface area contributed by atoms with Crippen LogP contribution in [-0.4, -0.2) is 30.8 Å². The summed E-state index contributed by atoms with van der Waals surface area (Å²) in [5.74, 6) is 1.59. The number of nitrogens with zero attached hydrogens (tertiary/aromatic N) is 1. The van der Waals surface area contributed by atoms with E-state index in [-0.39, 0.29) is 12.8 Å². The van der Waals surface area contributed by atoms with Gasteiger partial charge in [0.15, 0.2) is 11.5 Å². The molecule has 4 nitrogen and oxygen atoms in total. The van der Waals surface area contributed by atoms with Gasteiger partial charge in [0.05, 0.1) is 4.47 Å². The van der Waals surface area contributed by atoms with Gasteiger partial charge < -0.3 is 15.2 Å². The van der Waals surface area contributed by atoms with Gasteiger partial charge in [0.1, 0.15) is 0 Å². The molecule has 1 unspecified atom stereocenters. The SMILES string of the molecule is CCCN(C(C)C)C(CN)c1cc(Br)c2c(c1)OCO2. The molecular weight excluding hydrogens is 320 g/mol. The van der Waals surface area contributed by atoms with Gasteiger partial charge in [-0.05, 0) is 60.4 Å². The monoisotopic (exact) mass is 342 g/mol. The molecule has 0 aromatic heterocycles. The van der Waals surface area contributed by atoms with Gasteiger partial charge >= 0.3 is 0 Å². The van der Waals surface area contributed by atoms with E-state index >= 15 is 0 Å². The molecule has 112 valence electrons. The summed E-state index contributed by atoms with van der Waals surface area (Å²) in [6.07, 6.45) is 1.11. The Morgan fingerprint density at radius 2 is 2.10 bits per heavy atom. The van der Waals surface area contributed by atoms with Crippen LogP contribution in [0, 0.1) is 0 Å². The van der Waals surface area contributed by atoms with E-state index in [1.165, 1.54) is 5.56 Å². The van der Waals surface area contributed by atoms with Crippen LogP contribution in [0.4, 0.5) is 0 Å². The first kappa shape index (κ1) is 15.6. The van der Waals surface area contributed by atoms with Crippen molar-refractivity contribution >= 4 is 15.9 Å². The quantitative estimate of drug-likeness (QED) is 0.861. The fraction of sp³-hybridized carbons (Fsp3) is 0.600. The maximum absolute atomic E-state index is 6.04. The molecule has 2 rings (SSSR count). The topological polar surface area (TPSA) is 47.7 Å². The Balaban J connectivity index is 2.33. The Morgan fingerprint density at radius 1 is 1.35 bits per heavy atom. The van der Waals surface area contributed by atoms with Gasteiger partial charge in [0, 0.05) is 18.6 Å². The number of fused-ring (bicyclic) bond motifs is 1. The van der Waals surface area contributed by atoms with E-state index in [9.17, 15) is 0 Å². The number of nitrogens with two attached hydrogens (primary N) is 1. The van der Waals surface area contributed by atoms with E-state index in [4.69, 9.17) is 15.2 Å². The highest BCUT2D eigenvalue weighted by molar-refractivity contribution is 9.10. The zero-order chi connectivity index (χ0) is 14.7. The van der Waals surface area contributed by atoms with Crippen molar-refractivity contribution in [3.8, 4) is 11.5 Å². The van der Waals surface area contributed by atoms with E-state index in [1.807, 2.05) is 0 Å². The molecular formula is C15H23BrN2O2. The zero-order valence-corrected chi connectivity index (χ0v) is 13.9. The maximum Gasteiger partial charge on any atom is 0.231 e. The molecule has 1 aromatic rings. The van der Waals surface area contributed by atoms with Gasteiger partial charge in [-0.1, -0.05) is 6.92 Å². The minimum absolute atomic E-state index is 0.195. The fourth-order valence-corrected chi connectivity index (χ4v) is 3.25. The summed E-state index contributed by atoms with van der Waals surface area (Å²) in [5.41, 5.74) is 7.21. The lowest BCUT2D eigenvalue weighted by Gasteiger charge is -2.34. The van der Waals surface area contributed by atoms with Crippen molar-refractivity contribution in [1.82, 2.24) is 4.90 Å². The largest absolute Gasteiger partial charge is 0.454 e. The van der Waals surface area contributed by atoms with Crippen molar-refractivity contribution in [2.45, 2.75) is 39.3 Å². The van der Waals surface area contributed by atoms with Crippen molar-refractivity contribution < 1.29 is 9.47 Å². The summed E-state index contributed by atoms with van der Waals surface area (Å²) in [6.45, 7) is 8.52. The molecule has 20 heavy (non-hydrogen) atoms. The molecule has 0 saturated heterocycles. The van der Waals surface area contributed by atoms with Gasteiger partial charge in [-0.25, -0.2) is 0 Å². The number of ether oxygens (including phenoxy) is 2. The summed E-state index contributed by atoms with van der Waals surface area (Å²) in [4.78, 5) is 2.43. The lowest BCUT2D eigenvalue weighted by atomic mass is 10.0. The summed E-state index contributed by atoms with van der Waals surface area (Å²) in [6, 6.07) is 4.79. The van der Waals surface area contributed by atoms with Gasteiger partial charge in [0.25, 0.3) is 0 Å². The highest BCUT2D eigenvalue weighted by Crippen LogP contribution is 2.42. The first-order chi connectivity index (χ1) is 9.58. The molecule has 0 saturated carbocycles. The normalized spacial score (nSPS) is 15.2. The third-order valence-corrected chi connectivity index (χ3v) is 4.19. The smallest absolute Gasteiger partial charge is 0.231 e. The second-order valence-corrected chi connectivity index (χ2v) is 6.17. The number of halogens is 1. The molecule has 2 N–H and O–H groups in total. The third-order valence-electron chi connectivity index (χ3n) is 3.60. The van der Waals surface area contributed by atoms with Gasteiger partial charge in [-0.3, -0.25) is 4.90 Å². The summed E-state index contributed by atoms with van der Waals surface area (Å²) in [5, 5.41) is 0. The molecule has 1 aromatic carbocycles. The van der Waals surface area contributed by atoms with Crippen LogP contribution in [0.1, 0.15) is 38.8 Å². The Bertz CT molecular complexity index is 465. The molecule has 0 amide bonds.